The standard InChI is InChI=1S/C24H21FN4O3S/c1-31-20-12-18(13-21(14-20)32-2)26-22(30)15-33-24-28-27-23(16-6-4-3-5-7-16)29(24)19-10-8-17(25)9-11-19/h3-14H,15H2,1-2H3,(H,26,30). The number of hydrogen-bond acceptors (Lipinski definition) is 6. The van der Waals surface area contributed by atoms with Crippen molar-refractivity contribution in [2.75, 3.05) is 25.3 Å². The third-order valence-corrected chi connectivity index (χ3v) is 5.65. The summed E-state index contributed by atoms with van der Waals surface area (Å²) in [5, 5.41) is 12.0. The Morgan fingerprint density at radius 2 is 1.64 bits per heavy atom. The summed E-state index contributed by atoms with van der Waals surface area (Å²) in [6, 6.07) is 20.8. The molecule has 1 aromatic heterocycles. The van der Waals surface area contributed by atoms with Crippen LogP contribution in [0.15, 0.2) is 78.0 Å². The van der Waals surface area contributed by atoms with E-state index in [1.165, 1.54) is 23.9 Å². The Hall–Kier alpha value is -3.85. The number of methoxy groups -OCH3 is 2. The first-order valence-corrected chi connectivity index (χ1v) is 11.0. The summed E-state index contributed by atoms with van der Waals surface area (Å²) >= 11 is 1.23. The second-order valence-electron chi connectivity index (χ2n) is 6.92. The lowest BCUT2D eigenvalue weighted by Gasteiger charge is -2.11. The highest BCUT2D eigenvalue weighted by molar-refractivity contribution is 7.99. The number of aromatic nitrogens is 3. The molecule has 0 aliphatic rings. The number of amides is 1. The quantitative estimate of drug-likeness (QED) is 0.377. The average molecular weight is 465 g/mol. The van der Waals surface area contributed by atoms with Crippen LogP contribution in [0.4, 0.5) is 10.1 Å². The largest absolute Gasteiger partial charge is 0.497 e. The van der Waals surface area contributed by atoms with Crippen molar-refractivity contribution in [3.8, 4) is 28.6 Å². The van der Waals surface area contributed by atoms with E-state index in [0.717, 1.165) is 5.56 Å². The fraction of sp³-hybridized carbons (Fsp3) is 0.125. The van der Waals surface area contributed by atoms with Crippen molar-refractivity contribution >= 4 is 23.4 Å². The molecule has 168 valence electrons. The van der Waals surface area contributed by atoms with Gasteiger partial charge in [-0.2, -0.15) is 0 Å². The van der Waals surface area contributed by atoms with Gasteiger partial charge in [-0.15, -0.1) is 10.2 Å². The summed E-state index contributed by atoms with van der Waals surface area (Å²) in [7, 11) is 3.09. The molecule has 0 aliphatic carbocycles. The van der Waals surface area contributed by atoms with Crippen LogP contribution in [0.1, 0.15) is 0 Å². The van der Waals surface area contributed by atoms with Crippen molar-refractivity contribution < 1.29 is 18.7 Å². The van der Waals surface area contributed by atoms with Crippen LogP contribution in [0.5, 0.6) is 11.5 Å². The molecule has 1 amide bonds. The van der Waals surface area contributed by atoms with E-state index in [0.29, 0.717) is 33.9 Å². The molecule has 1 heterocycles. The average Bonchev–Trinajstić information content (AvgIpc) is 3.27. The summed E-state index contributed by atoms with van der Waals surface area (Å²) < 4.78 is 25.8. The van der Waals surface area contributed by atoms with Gasteiger partial charge in [-0.3, -0.25) is 9.36 Å². The molecule has 0 aliphatic heterocycles. The van der Waals surface area contributed by atoms with Gasteiger partial charge in [-0.05, 0) is 24.3 Å². The number of hydrogen-bond donors (Lipinski definition) is 1. The zero-order valence-electron chi connectivity index (χ0n) is 18.0. The third kappa shape index (κ3) is 5.32. The monoisotopic (exact) mass is 464 g/mol. The van der Waals surface area contributed by atoms with Gasteiger partial charge in [0.1, 0.15) is 17.3 Å². The Bertz CT molecular complexity index is 1220. The number of nitrogens with zero attached hydrogens (tertiary/aromatic N) is 3. The van der Waals surface area contributed by atoms with E-state index >= 15 is 0 Å². The normalized spacial score (nSPS) is 10.6. The van der Waals surface area contributed by atoms with Crippen LogP contribution < -0.4 is 14.8 Å². The fourth-order valence-electron chi connectivity index (χ4n) is 3.17. The summed E-state index contributed by atoms with van der Waals surface area (Å²) in [6.07, 6.45) is 0. The molecular weight excluding hydrogens is 443 g/mol. The molecule has 4 rings (SSSR count). The minimum Gasteiger partial charge on any atom is -0.497 e. The Morgan fingerprint density at radius 3 is 2.27 bits per heavy atom. The van der Waals surface area contributed by atoms with Crippen molar-refractivity contribution in [2.45, 2.75) is 5.16 Å². The number of nitrogens with one attached hydrogen (secondary N) is 1. The van der Waals surface area contributed by atoms with Gasteiger partial charge in [0.2, 0.25) is 5.91 Å². The Labute approximate surface area is 194 Å². The van der Waals surface area contributed by atoms with E-state index in [1.54, 1.807) is 49.1 Å². The van der Waals surface area contributed by atoms with Gasteiger partial charge in [0.05, 0.1) is 20.0 Å². The molecule has 9 heteroatoms. The zero-order chi connectivity index (χ0) is 23.2. The minimum atomic E-state index is -0.338. The highest BCUT2D eigenvalue weighted by atomic mass is 32.2. The van der Waals surface area contributed by atoms with Crippen LogP contribution in [0, 0.1) is 5.82 Å². The zero-order valence-corrected chi connectivity index (χ0v) is 18.8. The minimum absolute atomic E-state index is 0.0909. The molecular formula is C24H21FN4O3S. The number of benzene rings is 3. The molecule has 0 saturated heterocycles. The number of rotatable bonds is 8. The summed E-state index contributed by atoms with van der Waals surface area (Å²) in [4.78, 5) is 12.6. The molecule has 0 atom stereocenters. The Kier molecular flexibility index (Phi) is 6.89. The number of carbonyl (C=O) groups excluding carboxylic acids is 1. The van der Waals surface area contributed by atoms with E-state index in [1.807, 2.05) is 30.3 Å². The fourth-order valence-corrected chi connectivity index (χ4v) is 3.92. The van der Waals surface area contributed by atoms with Gasteiger partial charge < -0.3 is 14.8 Å². The van der Waals surface area contributed by atoms with Gasteiger partial charge in [0.15, 0.2) is 11.0 Å². The molecule has 33 heavy (non-hydrogen) atoms. The first kappa shape index (κ1) is 22.3. The molecule has 1 N–H and O–H groups in total. The third-order valence-electron chi connectivity index (χ3n) is 4.72. The highest BCUT2D eigenvalue weighted by Crippen LogP contribution is 2.29. The van der Waals surface area contributed by atoms with Crippen LogP contribution in [0.2, 0.25) is 0 Å². The Balaban J connectivity index is 1.56. The second-order valence-corrected chi connectivity index (χ2v) is 7.86. The molecule has 0 spiro atoms. The SMILES string of the molecule is COc1cc(NC(=O)CSc2nnc(-c3ccccc3)n2-c2ccc(F)cc2)cc(OC)c1. The van der Waals surface area contributed by atoms with Gasteiger partial charge >= 0.3 is 0 Å². The van der Waals surface area contributed by atoms with Gasteiger partial charge in [0, 0.05) is 35.1 Å². The summed E-state index contributed by atoms with van der Waals surface area (Å²) in [5.74, 6) is 1.26. The molecule has 4 aromatic rings. The number of carbonyl (C=O) groups is 1. The molecule has 0 saturated carbocycles. The van der Waals surface area contributed by atoms with Crippen molar-refractivity contribution in [1.29, 1.82) is 0 Å². The molecule has 0 unspecified atom stereocenters. The van der Waals surface area contributed by atoms with Gasteiger partial charge in [0.25, 0.3) is 0 Å². The first-order chi connectivity index (χ1) is 16.1. The Morgan fingerprint density at radius 1 is 0.970 bits per heavy atom. The first-order valence-electron chi connectivity index (χ1n) is 10.00. The summed E-state index contributed by atoms with van der Waals surface area (Å²) in [5.41, 5.74) is 2.11. The van der Waals surface area contributed by atoms with E-state index < -0.39 is 0 Å². The van der Waals surface area contributed by atoms with E-state index in [2.05, 4.69) is 15.5 Å². The van der Waals surface area contributed by atoms with Crippen molar-refractivity contribution in [2.24, 2.45) is 0 Å². The number of thioether (sulfide) groups is 1. The maximum Gasteiger partial charge on any atom is 0.234 e. The van der Waals surface area contributed by atoms with Crippen molar-refractivity contribution in [3.05, 3.63) is 78.6 Å². The predicted molar refractivity (Wildman–Crippen MR) is 126 cm³/mol. The van der Waals surface area contributed by atoms with Crippen LogP contribution >= 0.6 is 11.8 Å². The topological polar surface area (TPSA) is 78.3 Å². The van der Waals surface area contributed by atoms with Crippen LogP contribution in [-0.4, -0.2) is 40.6 Å². The maximum atomic E-state index is 13.5. The van der Waals surface area contributed by atoms with E-state index in [4.69, 9.17) is 9.47 Å². The number of ether oxygens (including phenoxy) is 2. The lowest BCUT2D eigenvalue weighted by atomic mass is 10.2. The lowest BCUT2D eigenvalue weighted by molar-refractivity contribution is -0.113. The smallest absolute Gasteiger partial charge is 0.234 e. The highest BCUT2D eigenvalue weighted by Gasteiger charge is 2.17. The number of anilines is 1. The molecule has 7 nitrogen and oxygen atoms in total. The van der Waals surface area contributed by atoms with Crippen LogP contribution in [0.25, 0.3) is 17.1 Å². The predicted octanol–water partition coefficient (Wildman–Crippen LogP) is 4.82. The summed E-state index contributed by atoms with van der Waals surface area (Å²) in [6.45, 7) is 0. The van der Waals surface area contributed by atoms with Crippen molar-refractivity contribution in [3.63, 3.8) is 0 Å². The van der Waals surface area contributed by atoms with E-state index in [9.17, 15) is 9.18 Å². The second kappa shape index (κ2) is 10.2. The van der Waals surface area contributed by atoms with Gasteiger partial charge in [-0.1, -0.05) is 42.1 Å². The molecule has 0 radical (unpaired) electrons. The lowest BCUT2D eigenvalue weighted by Crippen LogP contribution is -2.14. The van der Waals surface area contributed by atoms with E-state index in [-0.39, 0.29) is 17.5 Å². The van der Waals surface area contributed by atoms with Crippen LogP contribution in [0.3, 0.4) is 0 Å². The van der Waals surface area contributed by atoms with Crippen LogP contribution in [-0.2, 0) is 4.79 Å². The van der Waals surface area contributed by atoms with Gasteiger partial charge in [-0.25, -0.2) is 4.39 Å². The molecule has 3 aromatic carbocycles. The molecule has 0 bridgehead atoms. The maximum absolute atomic E-state index is 13.5. The van der Waals surface area contributed by atoms with Crippen molar-refractivity contribution in [1.82, 2.24) is 14.8 Å². The molecule has 0 fully saturated rings. The number of halogens is 1.